The van der Waals surface area contributed by atoms with Crippen molar-refractivity contribution in [2.75, 3.05) is 5.32 Å². The highest BCUT2D eigenvalue weighted by atomic mass is 19.4. The summed E-state index contributed by atoms with van der Waals surface area (Å²) in [6.45, 7) is 7.81. The number of alkyl halides is 3. The first-order valence-corrected chi connectivity index (χ1v) is 7.57. The molecule has 0 aromatic heterocycles. The number of benzene rings is 1. The highest BCUT2D eigenvalue weighted by Crippen LogP contribution is 2.36. The number of aryl methyl sites for hydroxylation is 1. The van der Waals surface area contributed by atoms with Gasteiger partial charge in [-0.3, -0.25) is 0 Å². The van der Waals surface area contributed by atoms with Gasteiger partial charge in [-0.2, -0.15) is 13.2 Å². The Labute approximate surface area is 125 Å². The lowest BCUT2D eigenvalue weighted by atomic mass is 10.1. The number of hydrogen-bond acceptors (Lipinski definition) is 1. The summed E-state index contributed by atoms with van der Waals surface area (Å²) in [7, 11) is 0. The molecule has 4 heteroatoms. The van der Waals surface area contributed by atoms with Crippen LogP contribution >= 0.6 is 0 Å². The van der Waals surface area contributed by atoms with Crippen LogP contribution < -0.4 is 5.32 Å². The molecule has 1 fully saturated rings. The molecule has 1 aromatic carbocycles. The van der Waals surface area contributed by atoms with E-state index in [4.69, 9.17) is 0 Å². The number of nitrogens with one attached hydrogen (secondary N) is 1. The Bertz CT molecular complexity index is 495. The van der Waals surface area contributed by atoms with Crippen molar-refractivity contribution in [2.45, 2.75) is 59.6 Å². The number of rotatable bonds is 4. The number of hydrogen-bond donors (Lipinski definition) is 1. The predicted octanol–water partition coefficient (Wildman–Crippen LogP) is 6.30. The molecule has 0 bridgehead atoms. The molecule has 1 aliphatic rings. The molecule has 1 saturated carbocycles. The van der Waals surface area contributed by atoms with Crippen molar-refractivity contribution >= 4 is 5.69 Å². The molecular formula is C17H24F3N. The average Bonchev–Trinajstić information content (AvgIpc) is 3.26. The summed E-state index contributed by atoms with van der Waals surface area (Å²) in [6.07, 6.45) is -0.0597. The van der Waals surface area contributed by atoms with Crippen molar-refractivity contribution in [1.82, 2.24) is 0 Å². The molecule has 1 aromatic rings. The molecule has 0 atom stereocenters. The summed E-state index contributed by atoms with van der Waals surface area (Å²) in [5.74, 6) is 0. The van der Waals surface area contributed by atoms with E-state index in [1.165, 1.54) is 23.4 Å². The van der Waals surface area contributed by atoms with E-state index >= 15 is 0 Å². The second-order valence-corrected chi connectivity index (χ2v) is 4.98. The topological polar surface area (TPSA) is 12.0 Å². The normalized spacial score (nSPS) is 13.4. The van der Waals surface area contributed by atoms with Gasteiger partial charge in [0, 0.05) is 11.4 Å². The van der Waals surface area contributed by atoms with Crippen molar-refractivity contribution in [3.8, 4) is 0 Å². The first kappa shape index (κ1) is 17.6. The van der Waals surface area contributed by atoms with Gasteiger partial charge in [0.1, 0.15) is 0 Å². The second-order valence-electron chi connectivity index (χ2n) is 4.98. The summed E-state index contributed by atoms with van der Waals surface area (Å²) in [6, 6.07) is 3.86. The van der Waals surface area contributed by atoms with Gasteiger partial charge in [0.25, 0.3) is 0 Å². The Morgan fingerprint density at radius 3 is 2.24 bits per heavy atom. The molecule has 118 valence electrons. The van der Waals surface area contributed by atoms with Crippen LogP contribution in [0.1, 0.15) is 57.6 Å². The molecule has 0 spiro atoms. The highest BCUT2D eigenvalue weighted by molar-refractivity contribution is 5.57. The Hall–Kier alpha value is -1.45. The fraction of sp³-hybridized carbons (Fsp3) is 0.529. The van der Waals surface area contributed by atoms with Crippen molar-refractivity contribution < 1.29 is 13.2 Å². The zero-order valence-electron chi connectivity index (χ0n) is 13.2. The standard InChI is InChI=1S/C15H18F3N.C2H6/c1-3-4-14(11-5-6-11)19-13-8-7-12(9-10(13)2)15(16,17)18;1-2/h7-9,19H,3-6H2,1-2H3;1-2H3. The van der Waals surface area contributed by atoms with E-state index in [9.17, 15) is 13.2 Å². The molecule has 0 saturated heterocycles. The van der Waals surface area contributed by atoms with E-state index in [0.717, 1.165) is 37.4 Å². The molecule has 0 radical (unpaired) electrons. The van der Waals surface area contributed by atoms with Gasteiger partial charge in [0.2, 0.25) is 0 Å². The fourth-order valence-electron chi connectivity index (χ4n) is 2.08. The zero-order valence-corrected chi connectivity index (χ0v) is 13.2. The Morgan fingerprint density at radius 2 is 1.81 bits per heavy atom. The van der Waals surface area contributed by atoms with Crippen molar-refractivity contribution in [2.24, 2.45) is 0 Å². The third-order valence-electron chi connectivity index (χ3n) is 3.27. The van der Waals surface area contributed by atoms with Crippen LogP contribution in [0.5, 0.6) is 0 Å². The summed E-state index contributed by atoms with van der Waals surface area (Å²) in [5, 5.41) is 3.30. The molecule has 1 nitrogen and oxygen atoms in total. The monoisotopic (exact) mass is 299 g/mol. The van der Waals surface area contributed by atoms with Crippen LogP contribution in [0.2, 0.25) is 0 Å². The van der Waals surface area contributed by atoms with Gasteiger partial charge >= 0.3 is 6.18 Å². The maximum absolute atomic E-state index is 12.6. The summed E-state index contributed by atoms with van der Waals surface area (Å²) < 4.78 is 37.8. The van der Waals surface area contributed by atoms with E-state index in [1.807, 2.05) is 13.8 Å². The summed E-state index contributed by atoms with van der Waals surface area (Å²) >= 11 is 0. The van der Waals surface area contributed by atoms with Crippen LogP contribution in [0.4, 0.5) is 18.9 Å². The maximum atomic E-state index is 12.6. The largest absolute Gasteiger partial charge is 0.416 e. The smallest absolute Gasteiger partial charge is 0.359 e. The van der Waals surface area contributed by atoms with Gasteiger partial charge < -0.3 is 5.32 Å². The average molecular weight is 299 g/mol. The van der Waals surface area contributed by atoms with Crippen molar-refractivity contribution in [3.63, 3.8) is 0 Å². The summed E-state index contributed by atoms with van der Waals surface area (Å²) in [4.78, 5) is 0. The van der Waals surface area contributed by atoms with E-state index in [2.05, 4.69) is 12.2 Å². The van der Waals surface area contributed by atoms with Crippen LogP contribution in [-0.2, 0) is 6.18 Å². The number of halogens is 3. The van der Waals surface area contributed by atoms with Crippen LogP contribution in [0.25, 0.3) is 0 Å². The maximum Gasteiger partial charge on any atom is 0.416 e. The Kier molecular flexibility index (Phi) is 6.31. The molecular weight excluding hydrogens is 275 g/mol. The van der Waals surface area contributed by atoms with Crippen LogP contribution in [0, 0.1) is 6.92 Å². The molecule has 0 unspecified atom stereocenters. The quantitative estimate of drug-likeness (QED) is 0.688. The number of allylic oxidation sites excluding steroid dienone is 2. The third kappa shape index (κ3) is 5.10. The van der Waals surface area contributed by atoms with E-state index in [0.29, 0.717) is 5.56 Å². The Morgan fingerprint density at radius 1 is 1.19 bits per heavy atom. The van der Waals surface area contributed by atoms with Gasteiger partial charge in [-0.25, -0.2) is 0 Å². The lowest BCUT2D eigenvalue weighted by Gasteiger charge is -2.15. The summed E-state index contributed by atoms with van der Waals surface area (Å²) in [5.41, 5.74) is 3.40. The SMILES string of the molecule is CC.CCCC(Nc1ccc(C(F)(F)F)cc1C)=C1CC1. The molecule has 0 aliphatic heterocycles. The second kappa shape index (κ2) is 7.53. The minimum Gasteiger partial charge on any atom is -0.359 e. The molecule has 0 heterocycles. The molecule has 1 aliphatic carbocycles. The first-order valence-electron chi connectivity index (χ1n) is 7.57. The third-order valence-corrected chi connectivity index (χ3v) is 3.27. The lowest BCUT2D eigenvalue weighted by molar-refractivity contribution is -0.137. The van der Waals surface area contributed by atoms with Gasteiger partial charge in [-0.1, -0.05) is 32.8 Å². The van der Waals surface area contributed by atoms with Crippen molar-refractivity contribution in [3.05, 3.63) is 40.6 Å². The molecule has 1 N–H and O–H groups in total. The van der Waals surface area contributed by atoms with Gasteiger partial charge in [-0.05, 0) is 49.9 Å². The van der Waals surface area contributed by atoms with Crippen molar-refractivity contribution in [1.29, 1.82) is 0 Å². The van der Waals surface area contributed by atoms with Gasteiger partial charge in [0.15, 0.2) is 0 Å². The predicted molar refractivity (Wildman–Crippen MR) is 82.3 cm³/mol. The van der Waals surface area contributed by atoms with E-state index < -0.39 is 11.7 Å². The van der Waals surface area contributed by atoms with Crippen LogP contribution in [-0.4, -0.2) is 0 Å². The first-order chi connectivity index (χ1) is 9.91. The molecule has 21 heavy (non-hydrogen) atoms. The molecule has 2 rings (SSSR count). The lowest BCUT2D eigenvalue weighted by Crippen LogP contribution is -2.07. The van der Waals surface area contributed by atoms with Gasteiger partial charge in [-0.15, -0.1) is 0 Å². The minimum atomic E-state index is -4.27. The fourth-order valence-corrected chi connectivity index (χ4v) is 2.08. The van der Waals surface area contributed by atoms with Crippen LogP contribution in [0.3, 0.4) is 0 Å². The van der Waals surface area contributed by atoms with E-state index in [-0.39, 0.29) is 0 Å². The van der Waals surface area contributed by atoms with Gasteiger partial charge in [0.05, 0.1) is 5.56 Å². The highest BCUT2D eigenvalue weighted by Gasteiger charge is 2.30. The molecule has 0 amide bonds. The number of anilines is 1. The Balaban J connectivity index is 0.00000106. The minimum absolute atomic E-state index is 0.591. The van der Waals surface area contributed by atoms with E-state index in [1.54, 1.807) is 6.92 Å². The zero-order chi connectivity index (χ0) is 16.0. The van der Waals surface area contributed by atoms with Crippen LogP contribution in [0.15, 0.2) is 29.5 Å².